The number of anilines is 1. The maximum Gasteiger partial charge on any atom is 0.408 e. The van der Waals surface area contributed by atoms with Crippen molar-refractivity contribution in [2.45, 2.75) is 65.1 Å². The van der Waals surface area contributed by atoms with Gasteiger partial charge in [0.05, 0.1) is 6.07 Å². The Kier molecular flexibility index (Phi) is 10.4. The number of nitrogens with one attached hydrogen (secondary N) is 2. The summed E-state index contributed by atoms with van der Waals surface area (Å²) in [7, 11) is 0. The van der Waals surface area contributed by atoms with E-state index < -0.39 is 48.0 Å². The van der Waals surface area contributed by atoms with Crippen molar-refractivity contribution in [3.63, 3.8) is 0 Å². The van der Waals surface area contributed by atoms with Gasteiger partial charge in [-0.25, -0.2) is 4.79 Å². The smallest absolute Gasteiger partial charge is 0.408 e. The Hall–Kier alpha value is -4.39. The summed E-state index contributed by atoms with van der Waals surface area (Å²) >= 11 is 0. The lowest BCUT2D eigenvalue weighted by Crippen LogP contribution is -2.52. The van der Waals surface area contributed by atoms with E-state index in [4.69, 9.17) is 10.5 Å². The minimum absolute atomic E-state index is 0.143. The highest BCUT2D eigenvalue weighted by atomic mass is 16.6. The van der Waals surface area contributed by atoms with Crippen LogP contribution in [0.1, 0.15) is 56.3 Å². The Labute approximate surface area is 223 Å². The van der Waals surface area contributed by atoms with Gasteiger partial charge in [-0.1, -0.05) is 48.5 Å². The van der Waals surface area contributed by atoms with Gasteiger partial charge in [0.1, 0.15) is 24.2 Å². The molecule has 38 heavy (non-hydrogen) atoms. The van der Waals surface area contributed by atoms with E-state index in [0.29, 0.717) is 11.3 Å². The number of amides is 4. The minimum atomic E-state index is -1.27. The molecule has 0 aliphatic rings. The normalized spacial score (nSPS) is 12.4. The predicted molar refractivity (Wildman–Crippen MR) is 143 cm³/mol. The van der Waals surface area contributed by atoms with Gasteiger partial charge in [0.2, 0.25) is 11.8 Å². The molecule has 2 aromatic carbocycles. The van der Waals surface area contributed by atoms with E-state index in [-0.39, 0.29) is 12.8 Å². The number of hydrogen-bond donors (Lipinski definition) is 3. The summed E-state index contributed by atoms with van der Waals surface area (Å²) in [4.78, 5) is 52.7. The Bertz CT molecular complexity index is 1180. The molecule has 10 heteroatoms. The highest BCUT2D eigenvalue weighted by Crippen LogP contribution is 2.27. The number of carbonyl (C=O) groups excluding carboxylic acids is 4. The maximum atomic E-state index is 13.8. The topological polar surface area (TPSA) is 155 Å². The monoisotopic (exact) mass is 521 g/mol. The van der Waals surface area contributed by atoms with Crippen LogP contribution in [0.3, 0.4) is 0 Å². The van der Waals surface area contributed by atoms with Crippen molar-refractivity contribution < 1.29 is 23.9 Å². The molecule has 10 nitrogen and oxygen atoms in total. The van der Waals surface area contributed by atoms with E-state index >= 15 is 0 Å². The molecule has 0 bridgehead atoms. The Morgan fingerprint density at radius 1 is 1.03 bits per heavy atom. The van der Waals surface area contributed by atoms with Crippen LogP contribution in [0.4, 0.5) is 10.5 Å². The lowest BCUT2D eigenvalue weighted by Gasteiger charge is -2.33. The van der Waals surface area contributed by atoms with Crippen LogP contribution in [0.15, 0.2) is 48.5 Å². The lowest BCUT2D eigenvalue weighted by atomic mass is 10.0. The van der Waals surface area contributed by atoms with E-state index in [1.54, 1.807) is 51.1 Å². The molecule has 0 aliphatic carbocycles. The molecule has 0 spiro atoms. The van der Waals surface area contributed by atoms with Crippen molar-refractivity contribution in [3.05, 3.63) is 65.2 Å². The SMILES string of the molecule is Cc1cccc(C)c1NC(=O)C(c1ccccc1)N(CC#N)C(=O)C(CCC(N)=O)NC(=O)OC(C)(C)C. The fraction of sp³-hybridized carbons (Fsp3) is 0.393. The van der Waals surface area contributed by atoms with Crippen LogP contribution < -0.4 is 16.4 Å². The number of alkyl carbamates (subject to hydrolysis) is 1. The molecule has 0 fully saturated rings. The molecule has 0 radical (unpaired) electrons. The molecule has 2 unspecified atom stereocenters. The second-order valence-electron chi connectivity index (χ2n) is 9.90. The number of carbonyl (C=O) groups is 4. The van der Waals surface area contributed by atoms with E-state index in [1.165, 1.54) is 0 Å². The number of ether oxygens (including phenoxy) is 1. The predicted octanol–water partition coefficient (Wildman–Crippen LogP) is 3.49. The number of aryl methyl sites for hydroxylation is 2. The number of para-hydroxylation sites is 1. The number of nitrogens with zero attached hydrogens (tertiary/aromatic N) is 2. The molecule has 0 aliphatic heterocycles. The van der Waals surface area contributed by atoms with Gasteiger partial charge in [-0.05, 0) is 57.7 Å². The third-order valence-corrected chi connectivity index (χ3v) is 5.60. The maximum absolute atomic E-state index is 13.8. The third kappa shape index (κ3) is 8.62. The molecule has 2 aromatic rings. The molecule has 2 rings (SSSR count). The molecular weight excluding hydrogens is 486 g/mol. The van der Waals surface area contributed by atoms with Crippen molar-refractivity contribution >= 4 is 29.5 Å². The van der Waals surface area contributed by atoms with E-state index in [0.717, 1.165) is 16.0 Å². The fourth-order valence-electron chi connectivity index (χ4n) is 3.88. The van der Waals surface area contributed by atoms with Crippen LogP contribution in [-0.2, 0) is 19.1 Å². The summed E-state index contributed by atoms with van der Waals surface area (Å²) in [5.41, 5.74) is 7.17. The first kappa shape index (κ1) is 29.8. The van der Waals surface area contributed by atoms with Crippen LogP contribution in [0, 0.1) is 25.2 Å². The second kappa shape index (κ2) is 13.2. The third-order valence-electron chi connectivity index (χ3n) is 5.60. The van der Waals surface area contributed by atoms with E-state index in [2.05, 4.69) is 10.6 Å². The van der Waals surface area contributed by atoms with Gasteiger partial charge >= 0.3 is 6.09 Å². The largest absolute Gasteiger partial charge is 0.444 e. The lowest BCUT2D eigenvalue weighted by molar-refractivity contribution is -0.140. The van der Waals surface area contributed by atoms with Crippen LogP contribution in [-0.4, -0.2) is 46.9 Å². The van der Waals surface area contributed by atoms with Gasteiger partial charge in [0.25, 0.3) is 5.91 Å². The van der Waals surface area contributed by atoms with Gasteiger partial charge in [-0.2, -0.15) is 5.26 Å². The molecule has 202 valence electrons. The van der Waals surface area contributed by atoms with Crippen LogP contribution >= 0.6 is 0 Å². The molecule has 2 atom stereocenters. The van der Waals surface area contributed by atoms with Crippen molar-refractivity contribution in [1.82, 2.24) is 10.2 Å². The quantitative estimate of drug-likeness (QED) is 0.407. The van der Waals surface area contributed by atoms with Crippen molar-refractivity contribution in [1.29, 1.82) is 5.26 Å². The van der Waals surface area contributed by atoms with Gasteiger partial charge in [0, 0.05) is 12.1 Å². The van der Waals surface area contributed by atoms with Crippen LogP contribution in [0.5, 0.6) is 0 Å². The summed E-state index contributed by atoms with van der Waals surface area (Å²) in [6.07, 6.45) is -1.24. The Morgan fingerprint density at radius 2 is 1.63 bits per heavy atom. The molecule has 0 heterocycles. The zero-order valence-electron chi connectivity index (χ0n) is 22.4. The fourth-order valence-corrected chi connectivity index (χ4v) is 3.88. The van der Waals surface area contributed by atoms with Gasteiger partial charge < -0.3 is 26.0 Å². The Morgan fingerprint density at radius 3 is 2.16 bits per heavy atom. The molecule has 0 aromatic heterocycles. The van der Waals surface area contributed by atoms with Gasteiger partial charge in [-0.15, -0.1) is 0 Å². The number of rotatable bonds is 10. The average Bonchev–Trinajstić information content (AvgIpc) is 2.83. The highest BCUT2D eigenvalue weighted by molar-refractivity contribution is 6.00. The van der Waals surface area contributed by atoms with Crippen molar-refractivity contribution in [3.8, 4) is 6.07 Å². The van der Waals surface area contributed by atoms with E-state index in [1.807, 2.05) is 38.1 Å². The first-order valence-corrected chi connectivity index (χ1v) is 12.2. The first-order chi connectivity index (χ1) is 17.8. The molecular formula is C28H35N5O5. The average molecular weight is 522 g/mol. The summed E-state index contributed by atoms with van der Waals surface area (Å²) in [6.45, 7) is 8.24. The van der Waals surface area contributed by atoms with Crippen LogP contribution in [0.25, 0.3) is 0 Å². The number of hydrogen-bond acceptors (Lipinski definition) is 6. The van der Waals surface area contributed by atoms with E-state index in [9.17, 15) is 24.4 Å². The zero-order chi connectivity index (χ0) is 28.5. The Balaban J connectivity index is 2.51. The molecule has 4 N–H and O–H groups in total. The van der Waals surface area contributed by atoms with Crippen molar-refractivity contribution in [2.24, 2.45) is 5.73 Å². The number of benzene rings is 2. The first-order valence-electron chi connectivity index (χ1n) is 12.2. The molecule has 0 saturated carbocycles. The van der Waals surface area contributed by atoms with Gasteiger partial charge in [-0.3, -0.25) is 14.4 Å². The number of nitriles is 1. The van der Waals surface area contributed by atoms with Crippen molar-refractivity contribution in [2.75, 3.05) is 11.9 Å². The summed E-state index contributed by atoms with van der Waals surface area (Å²) in [5, 5.41) is 15.0. The van der Waals surface area contributed by atoms with Gasteiger partial charge in [0.15, 0.2) is 0 Å². The van der Waals surface area contributed by atoms with Crippen LogP contribution in [0.2, 0.25) is 0 Å². The number of primary amides is 1. The standard InChI is InChI=1S/C28H35N5O5/c1-18-10-9-11-19(2)23(18)32-25(35)24(20-12-7-6-8-13-20)33(17-16-29)26(36)21(14-15-22(30)34)31-27(37)38-28(3,4)5/h6-13,21,24H,14-15,17H2,1-5H3,(H2,30,34)(H,31,37)(H,32,35). The second-order valence-corrected chi connectivity index (χ2v) is 9.90. The summed E-state index contributed by atoms with van der Waals surface area (Å²) in [6, 6.07) is 13.6. The molecule has 0 saturated heterocycles. The zero-order valence-corrected chi connectivity index (χ0v) is 22.4. The summed E-state index contributed by atoms with van der Waals surface area (Å²) < 4.78 is 5.28. The highest BCUT2D eigenvalue weighted by Gasteiger charge is 2.36. The minimum Gasteiger partial charge on any atom is -0.444 e. The molecule has 4 amide bonds. The number of nitrogens with two attached hydrogens (primary N) is 1. The summed E-state index contributed by atoms with van der Waals surface area (Å²) in [5.74, 6) is -1.94.